The van der Waals surface area contributed by atoms with Gasteiger partial charge < -0.3 is 46.6 Å². The van der Waals surface area contributed by atoms with Crippen molar-refractivity contribution in [2.24, 2.45) is 11.7 Å². The van der Waals surface area contributed by atoms with Crippen molar-refractivity contribution in [2.75, 3.05) is 13.2 Å². The molecular weight excluding hydrogens is 1280 g/mol. The molecule has 8 N–H and O–H groups in total. The van der Waals surface area contributed by atoms with Crippen LogP contribution in [-0.4, -0.2) is 122 Å². The van der Waals surface area contributed by atoms with E-state index in [0.717, 1.165) is 45.1 Å². The monoisotopic (exact) mass is 1340 g/mol. The van der Waals surface area contributed by atoms with E-state index in [2.05, 4.69) is 16.0 Å². The number of aromatic nitrogens is 7. The maximum Gasteiger partial charge on any atom is 0.407 e. The number of pyridine rings is 1. The Bertz CT molecular complexity index is 4160. The van der Waals surface area contributed by atoms with E-state index in [9.17, 15) is 39.0 Å². The Morgan fingerprint density at radius 1 is 0.714 bits per heavy atom. The predicted molar refractivity (Wildman–Crippen MR) is 345 cm³/mol. The van der Waals surface area contributed by atoms with Gasteiger partial charge in [0, 0.05) is 75.0 Å². The Morgan fingerprint density at radius 2 is 1.38 bits per heavy atom. The molecule has 5 amide bonds. The van der Waals surface area contributed by atoms with Crippen molar-refractivity contribution in [1.82, 2.24) is 55.7 Å². The zero-order valence-corrected chi connectivity index (χ0v) is 54.0. The van der Waals surface area contributed by atoms with Gasteiger partial charge in [-0.1, -0.05) is 67.1 Å². The normalized spacial score (nSPS) is 19.1. The van der Waals surface area contributed by atoms with Crippen LogP contribution in [0.4, 0.5) is 4.79 Å². The molecule has 11 rings (SSSR count). The molecule has 0 aliphatic carbocycles. The zero-order valence-electron chi connectivity index (χ0n) is 49.1. The van der Waals surface area contributed by atoms with Gasteiger partial charge in [-0.15, -0.1) is 68.0 Å². The van der Waals surface area contributed by atoms with Crippen molar-refractivity contribution in [3.8, 4) is 43.4 Å². The van der Waals surface area contributed by atoms with Crippen molar-refractivity contribution in [3.63, 3.8) is 0 Å². The molecule has 470 valence electrons. The quantitative estimate of drug-likeness (QED) is 0.0469. The molecule has 0 saturated carbocycles. The number of carbonyl (C=O) groups excluding carboxylic acids is 6. The lowest BCUT2D eigenvalue weighted by molar-refractivity contribution is -0.137. The van der Waals surface area contributed by atoms with Gasteiger partial charge >= 0.3 is 12.1 Å². The molecule has 91 heavy (non-hydrogen) atoms. The number of nitrogens with zero attached hydrogens (tertiary/aromatic N) is 8. The molecule has 7 atom stereocenters. The third kappa shape index (κ3) is 15.0. The summed E-state index contributed by atoms with van der Waals surface area (Å²) in [6, 6.07) is 16.9. The number of ether oxygens (including phenoxy) is 1. The summed E-state index contributed by atoms with van der Waals surface area (Å²) in [7, 11) is 0. The summed E-state index contributed by atoms with van der Waals surface area (Å²) in [6.45, 7) is 5.61. The van der Waals surface area contributed by atoms with E-state index in [1.54, 1.807) is 65.0 Å². The van der Waals surface area contributed by atoms with Crippen molar-refractivity contribution < 1.29 is 53.6 Å². The molecule has 0 radical (unpaired) electrons. The number of Topliss-reactive ketones (excluding diaryl/α,β-unsaturated/α-hetero) is 1. The van der Waals surface area contributed by atoms with E-state index in [-0.39, 0.29) is 72.5 Å². The summed E-state index contributed by atoms with van der Waals surface area (Å²) in [5, 5.41) is 52.0. The highest BCUT2D eigenvalue weighted by atomic mass is 32.1. The number of aliphatic hydroxyl groups excluding tert-OH is 2. The van der Waals surface area contributed by atoms with Crippen LogP contribution in [0.5, 0.6) is 0 Å². The number of nitrogens with one attached hydrogen (secondary N) is 3. The number of aliphatic carboxylic acids is 1. The standard InChI is InChI=1S/C62H60N12O11S6/c1-30-13-15-33(16-14-30)20-40-61(83)74-24-46(76)31(2)51(74)60-72-44(29-90-60)58-69-41(26-89-58)50-36(17-18-38(66-50)57-65-35(25-86-57)23-64-62(84)85-19-9-5-8-12-48(78)79)55-70-42(27-87-55)53(81)67-39(22-47(63)77)59-73-49(32(3)91-59)45(75)21-37(52(80)34-10-6-4-7-11-34)56-71-43(28-88-56)54(82)68-40/h4,6-7,10-11,13-18,25-29,31,37,39-40,46,51-52,76,80H,5,8-9,12,19-24H2,1-3H3,(H2,63,77)(H,64,84)(H,67,81)(H,68,82)(H,78,79)/t31-,37-,39-,40-,46-,51-,52+/m0/s1. The summed E-state index contributed by atoms with van der Waals surface area (Å²) >= 11 is 7.22. The molecular formula is C62H60N12O11S6. The Kier molecular flexibility index (Phi) is 20.0. The molecule has 2 aliphatic rings. The highest BCUT2D eigenvalue weighted by Gasteiger charge is 2.45. The van der Waals surface area contributed by atoms with Crippen LogP contribution in [0.3, 0.4) is 0 Å². The first-order valence-corrected chi connectivity index (χ1v) is 34.1. The fourth-order valence-electron chi connectivity index (χ4n) is 10.6. The van der Waals surface area contributed by atoms with Gasteiger partial charge in [-0.3, -0.25) is 28.8 Å². The van der Waals surface area contributed by atoms with Gasteiger partial charge in [0.1, 0.15) is 65.2 Å². The van der Waals surface area contributed by atoms with Crippen LogP contribution in [-0.2, 0) is 32.1 Å². The second kappa shape index (κ2) is 28.4. The number of carbonyl (C=O) groups is 7. The van der Waals surface area contributed by atoms with Crippen LogP contribution < -0.4 is 21.7 Å². The maximum atomic E-state index is 15.3. The van der Waals surface area contributed by atoms with Crippen molar-refractivity contribution in [3.05, 3.63) is 153 Å². The minimum atomic E-state index is -1.28. The first-order valence-electron chi connectivity index (χ1n) is 28.9. The molecule has 2 aliphatic heterocycles. The zero-order chi connectivity index (χ0) is 64.0. The SMILES string of the molecule is Cc1ccc(C[C@@H]2NC(=O)c3csc(n3)[C@H]([C@H](O)c3ccccc3)CC(=O)c3nc(sc3C)[C@H](CC(N)=O)NC(=O)c3csc(n3)-c3ccc(-c4nc(CNC(=O)OCCCCCC(=O)O)cs4)nc3-c3csc(n3)-c3csc(n3)[C@@H]3[C@@H](C)[C@@H](O)CN3C2=O)cc1. The van der Waals surface area contributed by atoms with Crippen LogP contribution >= 0.6 is 68.0 Å². The van der Waals surface area contributed by atoms with Crippen molar-refractivity contribution in [1.29, 1.82) is 0 Å². The van der Waals surface area contributed by atoms with Gasteiger partial charge in [-0.05, 0) is 56.4 Å². The lowest BCUT2D eigenvalue weighted by Crippen LogP contribution is -2.50. The third-order valence-corrected chi connectivity index (χ3v) is 21.0. The number of hydrogen-bond acceptors (Lipinski definition) is 23. The van der Waals surface area contributed by atoms with Crippen LogP contribution in [0, 0.1) is 19.8 Å². The number of benzene rings is 2. The molecule has 23 nitrogen and oxygen atoms in total. The molecule has 0 unspecified atom stereocenters. The number of alkyl carbamates (subject to hydrolysis) is 1. The number of ketones is 1. The number of carboxylic acids is 1. The predicted octanol–water partition coefficient (Wildman–Crippen LogP) is 9.65. The number of fused-ring (bicyclic) bond motifs is 16. The summed E-state index contributed by atoms with van der Waals surface area (Å²) in [6.07, 6.45) is -1.84. The van der Waals surface area contributed by atoms with Gasteiger partial charge in [-0.2, -0.15) is 0 Å². The molecule has 1 saturated heterocycles. The van der Waals surface area contributed by atoms with E-state index in [1.807, 2.05) is 48.9 Å². The van der Waals surface area contributed by atoms with Crippen LogP contribution in [0.2, 0.25) is 0 Å². The van der Waals surface area contributed by atoms with Crippen molar-refractivity contribution >= 4 is 109 Å². The number of aliphatic hydroxyl groups is 2. The maximum absolute atomic E-state index is 15.3. The topological polar surface area (TPSA) is 345 Å². The second-order valence-corrected chi connectivity index (χ2v) is 27.6. The van der Waals surface area contributed by atoms with E-state index in [1.165, 1.54) is 39.4 Å². The minimum Gasteiger partial charge on any atom is -0.481 e. The largest absolute Gasteiger partial charge is 0.481 e. The number of nitrogens with two attached hydrogens (primary N) is 1. The summed E-state index contributed by atoms with van der Waals surface area (Å²) in [5.74, 6) is -5.40. The molecule has 7 aromatic heterocycles. The Balaban J connectivity index is 0.961. The highest BCUT2D eigenvalue weighted by molar-refractivity contribution is 7.15. The smallest absolute Gasteiger partial charge is 0.407 e. The van der Waals surface area contributed by atoms with E-state index >= 15 is 4.79 Å². The lowest BCUT2D eigenvalue weighted by atomic mass is 9.90. The third-order valence-electron chi connectivity index (χ3n) is 15.4. The number of thiazole rings is 6. The average Bonchev–Trinajstić information content (AvgIpc) is 1.76. The summed E-state index contributed by atoms with van der Waals surface area (Å²) < 4.78 is 5.27. The molecule has 1 fully saturated rings. The van der Waals surface area contributed by atoms with Crippen LogP contribution in [0.1, 0.15) is 143 Å². The van der Waals surface area contributed by atoms with Crippen molar-refractivity contribution in [2.45, 2.75) is 109 Å². The van der Waals surface area contributed by atoms with Gasteiger partial charge in [0.05, 0.1) is 60.3 Å². The lowest BCUT2D eigenvalue weighted by Gasteiger charge is -2.29. The van der Waals surface area contributed by atoms with Gasteiger partial charge in [0.2, 0.25) is 11.8 Å². The Labute approximate surface area is 544 Å². The molecule has 2 aromatic carbocycles. The Hall–Kier alpha value is -8.42. The molecule has 29 heteroatoms. The van der Waals surface area contributed by atoms with Crippen LogP contribution in [0.15, 0.2) is 93.6 Å². The highest BCUT2D eigenvalue weighted by Crippen LogP contribution is 2.43. The molecule has 0 spiro atoms. The van der Waals surface area contributed by atoms with Gasteiger partial charge in [0.15, 0.2) is 5.78 Å². The average molecular weight is 1340 g/mol. The number of rotatable bonds is 15. The van der Waals surface area contributed by atoms with Crippen LogP contribution in [0.25, 0.3) is 43.4 Å². The number of primary amides is 1. The first-order chi connectivity index (χ1) is 43.8. The number of aryl methyl sites for hydroxylation is 2. The fraction of sp³-hybridized carbons (Fsp3) is 0.323. The molecule has 9 heterocycles. The number of amides is 5. The van der Waals surface area contributed by atoms with Gasteiger partial charge in [-0.25, -0.2) is 39.7 Å². The van der Waals surface area contributed by atoms with E-state index in [0.29, 0.717) is 83.8 Å². The Morgan fingerprint density at radius 3 is 2.15 bits per heavy atom. The molecule has 10 bridgehead atoms. The van der Waals surface area contributed by atoms with E-state index in [4.69, 9.17) is 50.5 Å². The number of carboxylic acid groups (broad SMARTS) is 1. The summed E-state index contributed by atoms with van der Waals surface area (Å²) in [4.78, 5) is 131. The fourth-order valence-corrected chi connectivity index (χ4v) is 16.0. The van der Waals surface area contributed by atoms with Gasteiger partial charge in [0.25, 0.3) is 11.8 Å². The first kappa shape index (κ1) is 64.1. The number of unbranched alkanes of at least 4 members (excludes halogenated alkanes) is 2. The second-order valence-electron chi connectivity index (χ2n) is 22.0. The van der Waals surface area contributed by atoms with E-state index < -0.39 is 83.6 Å². The number of hydrogen-bond donors (Lipinski definition) is 7. The molecule has 9 aromatic rings. The summed E-state index contributed by atoms with van der Waals surface area (Å²) in [5.41, 5.74) is 10.8. The minimum absolute atomic E-state index is 0.00437.